The maximum absolute atomic E-state index is 12.2. The number of amides is 2. The largest absolute Gasteiger partial charge is 0.351 e. The van der Waals surface area contributed by atoms with Gasteiger partial charge in [-0.15, -0.1) is 5.10 Å². The minimum absolute atomic E-state index is 0.0397. The summed E-state index contributed by atoms with van der Waals surface area (Å²) in [5, 5.41) is 13.8. The van der Waals surface area contributed by atoms with Gasteiger partial charge < -0.3 is 10.2 Å². The second-order valence-corrected chi connectivity index (χ2v) is 5.98. The lowest BCUT2D eigenvalue weighted by Gasteiger charge is -2.17. The highest BCUT2D eigenvalue weighted by Gasteiger charge is 2.31. The molecule has 1 atom stereocenters. The lowest BCUT2D eigenvalue weighted by atomic mass is 10.2. The number of carbonyl (C=O) groups excluding carboxylic acids is 2. The molecule has 1 aliphatic heterocycles. The van der Waals surface area contributed by atoms with Crippen LogP contribution in [0.5, 0.6) is 0 Å². The highest BCUT2D eigenvalue weighted by Crippen LogP contribution is 2.22. The molecule has 24 heavy (non-hydrogen) atoms. The van der Waals surface area contributed by atoms with Crippen LogP contribution in [-0.4, -0.2) is 44.6 Å². The molecule has 1 fully saturated rings. The van der Waals surface area contributed by atoms with Crippen LogP contribution in [0.25, 0.3) is 0 Å². The van der Waals surface area contributed by atoms with Gasteiger partial charge in [0.1, 0.15) is 6.33 Å². The fourth-order valence-corrected chi connectivity index (χ4v) is 2.76. The zero-order chi connectivity index (χ0) is 16.9. The third-order valence-electron chi connectivity index (χ3n) is 4.02. The zero-order valence-corrected chi connectivity index (χ0v) is 13.6. The average molecular weight is 328 g/mol. The Kier molecular flexibility index (Phi) is 4.83. The van der Waals surface area contributed by atoms with E-state index in [0.29, 0.717) is 32.4 Å². The van der Waals surface area contributed by atoms with E-state index in [1.54, 1.807) is 9.58 Å². The number of carbonyl (C=O) groups is 2. The predicted octanol–water partition coefficient (Wildman–Crippen LogP) is 0.683. The van der Waals surface area contributed by atoms with Crippen LogP contribution in [0, 0.1) is 6.92 Å². The summed E-state index contributed by atoms with van der Waals surface area (Å²) in [6.07, 6.45) is 2.90. The van der Waals surface area contributed by atoms with Crippen molar-refractivity contribution in [2.24, 2.45) is 0 Å². The Hall–Kier alpha value is -2.77. The van der Waals surface area contributed by atoms with E-state index in [1.165, 1.54) is 6.33 Å². The Bertz CT molecular complexity index is 698. The summed E-state index contributed by atoms with van der Waals surface area (Å²) in [6, 6.07) is 7.69. The van der Waals surface area contributed by atoms with Gasteiger partial charge in [-0.3, -0.25) is 9.59 Å². The molecular weight excluding hydrogens is 308 g/mol. The number of aryl methyl sites for hydroxylation is 2. The van der Waals surface area contributed by atoms with Gasteiger partial charge in [0, 0.05) is 31.6 Å². The van der Waals surface area contributed by atoms with Crippen LogP contribution in [0.3, 0.4) is 0 Å². The molecule has 1 N–H and O–H groups in total. The number of nitrogens with zero attached hydrogens (tertiary/aromatic N) is 5. The van der Waals surface area contributed by atoms with Gasteiger partial charge in [0.15, 0.2) is 0 Å². The van der Waals surface area contributed by atoms with Crippen molar-refractivity contribution in [2.75, 3.05) is 11.4 Å². The number of nitrogens with one attached hydrogen (secondary N) is 1. The summed E-state index contributed by atoms with van der Waals surface area (Å²) in [7, 11) is 0. The minimum Gasteiger partial charge on any atom is -0.351 e. The van der Waals surface area contributed by atoms with Crippen molar-refractivity contribution in [3.8, 4) is 0 Å². The number of aromatic nitrogens is 4. The van der Waals surface area contributed by atoms with Gasteiger partial charge in [0.25, 0.3) is 0 Å². The van der Waals surface area contributed by atoms with Crippen LogP contribution >= 0.6 is 0 Å². The normalized spacial score (nSPS) is 17.3. The fraction of sp³-hybridized carbons (Fsp3) is 0.438. The van der Waals surface area contributed by atoms with Crippen LogP contribution < -0.4 is 10.2 Å². The van der Waals surface area contributed by atoms with Gasteiger partial charge in [-0.1, -0.05) is 17.7 Å². The van der Waals surface area contributed by atoms with Crippen molar-refractivity contribution >= 4 is 17.5 Å². The SMILES string of the molecule is Cc1ccc(N2C[C@@H](NC(=O)CCCn3cnnn3)CC2=O)cc1. The molecule has 2 aromatic rings. The average Bonchev–Trinajstić information content (AvgIpc) is 3.18. The van der Waals surface area contributed by atoms with E-state index in [0.717, 1.165) is 11.3 Å². The molecule has 0 bridgehead atoms. The summed E-state index contributed by atoms with van der Waals surface area (Å²) in [5.74, 6) is -0.00975. The summed E-state index contributed by atoms with van der Waals surface area (Å²) in [6.45, 7) is 3.12. The maximum Gasteiger partial charge on any atom is 0.229 e. The maximum atomic E-state index is 12.2. The third kappa shape index (κ3) is 3.95. The summed E-state index contributed by atoms with van der Waals surface area (Å²) < 4.78 is 1.59. The smallest absolute Gasteiger partial charge is 0.229 e. The summed E-state index contributed by atoms with van der Waals surface area (Å²) in [4.78, 5) is 25.9. The van der Waals surface area contributed by atoms with Crippen molar-refractivity contribution in [3.63, 3.8) is 0 Å². The molecule has 0 unspecified atom stereocenters. The molecule has 0 saturated carbocycles. The molecule has 1 aromatic carbocycles. The van der Waals surface area contributed by atoms with Crippen LogP contribution in [0.15, 0.2) is 30.6 Å². The fourth-order valence-electron chi connectivity index (χ4n) is 2.76. The van der Waals surface area contributed by atoms with Crippen molar-refractivity contribution in [2.45, 2.75) is 38.8 Å². The molecule has 8 heteroatoms. The van der Waals surface area contributed by atoms with Crippen LogP contribution in [-0.2, 0) is 16.1 Å². The molecule has 2 heterocycles. The molecule has 0 spiro atoms. The summed E-state index contributed by atoms with van der Waals surface area (Å²) in [5.41, 5.74) is 2.03. The molecular formula is C16H20N6O2. The Morgan fingerprint density at radius 1 is 1.33 bits per heavy atom. The standard InChI is InChI=1S/C16H20N6O2/c1-12-4-6-14(7-5-12)22-10-13(9-16(22)24)18-15(23)3-2-8-21-11-17-19-20-21/h4-7,11,13H,2-3,8-10H2,1H3,(H,18,23)/t13-/m0/s1. The molecule has 1 aliphatic rings. The van der Waals surface area contributed by atoms with E-state index in [2.05, 4.69) is 20.8 Å². The van der Waals surface area contributed by atoms with E-state index in [4.69, 9.17) is 0 Å². The van der Waals surface area contributed by atoms with Gasteiger partial charge in [-0.2, -0.15) is 0 Å². The zero-order valence-electron chi connectivity index (χ0n) is 13.6. The lowest BCUT2D eigenvalue weighted by Crippen LogP contribution is -2.37. The molecule has 0 aliphatic carbocycles. The molecule has 1 aromatic heterocycles. The second-order valence-electron chi connectivity index (χ2n) is 5.98. The number of tetrazole rings is 1. The molecule has 8 nitrogen and oxygen atoms in total. The number of anilines is 1. The third-order valence-corrected chi connectivity index (χ3v) is 4.02. The monoisotopic (exact) mass is 328 g/mol. The Morgan fingerprint density at radius 3 is 2.83 bits per heavy atom. The highest BCUT2D eigenvalue weighted by atomic mass is 16.2. The number of hydrogen-bond acceptors (Lipinski definition) is 5. The Labute approximate surface area is 139 Å². The van der Waals surface area contributed by atoms with Crippen molar-refractivity contribution in [3.05, 3.63) is 36.2 Å². The first-order valence-electron chi connectivity index (χ1n) is 7.99. The number of rotatable bonds is 6. The van der Waals surface area contributed by atoms with E-state index in [9.17, 15) is 9.59 Å². The van der Waals surface area contributed by atoms with Crippen LogP contribution in [0.4, 0.5) is 5.69 Å². The minimum atomic E-state index is -0.140. The van der Waals surface area contributed by atoms with E-state index in [-0.39, 0.29) is 17.9 Å². The van der Waals surface area contributed by atoms with E-state index < -0.39 is 0 Å². The number of hydrogen-bond donors (Lipinski definition) is 1. The second kappa shape index (κ2) is 7.20. The number of benzene rings is 1. The van der Waals surface area contributed by atoms with Crippen LogP contribution in [0.2, 0.25) is 0 Å². The molecule has 1 saturated heterocycles. The van der Waals surface area contributed by atoms with Crippen molar-refractivity contribution < 1.29 is 9.59 Å². The van der Waals surface area contributed by atoms with Crippen LogP contribution in [0.1, 0.15) is 24.8 Å². The summed E-state index contributed by atoms with van der Waals surface area (Å²) >= 11 is 0. The quantitative estimate of drug-likeness (QED) is 0.842. The first-order valence-corrected chi connectivity index (χ1v) is 7.99. The van der Waals surface area contributed by atoms with Gasteiger partial charge in [-0.05, 0) is 35.9 Å². The van der Waals surface area contributed by atoms with Gasteiger partial charge in [0.05, 0.1) is 6.04 Å². The first kappa shape index (κ1) is 16.1. The van der Waals surface area contributed by atoms with Crippen molar-refractivity contribution in [1.29, 1.82) is 0 Å². The first-order chi connectivity index (χ1) is 11.6. The molecule has 3 rings (SSSR count). The van der Waals surface area contributed by atoms with E-state index in [1.807, 2.05) is 31.2 Å². The topological polar surface area (TPSA) is 93.0 Å². The molecule has 2 amide bonds. The lowest BCUT2D eigenvalue weighted by molar-refractivity contribution is -0.121. The van der Waals surface area contributed by atoms with Gasteiger partial charge in [-0.25, -0.2) is 4.68 Å². The Balaban J connectivity index is 1.47. The molecule has 126 valence electrons. The van der Waals surface area contributed by atoms with E-state index >= 15 is 0 Å². The van der Waals surface area contributed by atoms with Gasteiger partial charge in [0.2, 0.25) is 11.8 Å². The highest BCUT2D eigenvalue weighted by molar-refractivity contribution is 5.96. The van der Waals surface area contributed by atoms with Crippen molar-refractivity contribution in [1.82, 2.24) is 25.5 Å². The Morgan fingerprint density at radius 2 is 2.12 bits per heavy atom. The molecule has 0 radical (unpaired) electrons. The van der Waals surface area contributed by atoms with Gasteiger partial charge >= 0.3 is 0 Å². The predicted molar refractivity (Wildman–Crippen MR) is 87.1 cm³/mol.